The second-order valence-corrected chi connectivity index (χ2v) is 9.27. The Balaban J connectivity index is 3.59. The van der Waals surface area contributed by atoms with Gasteiger partial charge < -0.3 is 9.84 Å². The molecular weight excluding hydrogens is 348 g/mol. The van der Waals surface area contributed by atoms with Gasteiger partial charge in [-0.1, -0.05) is 65.8 Å². The van der Waals surface area contributed by atoms with Crippen LogP contribution in [0.3, 0.4) is 0 Å². The van der Waals surface area contributed by atoms with Crippen molar-refractivity contribution in [3.8, 4) is 5.75 Å². The zero-order valence-corrected chi connectivity index (χ0v) is 18.9. The molecule has 1 aromatic rings. The predicted octanol–water partition coefficient (Wildman–Crippen LogP) is 6.67. The Morgan fingerprint density at radius 3 is 2.14 bits per heavy atom. The van der Waals surface area contributed by atoms with E-state index in [1.54, 1.807) is 13.0 Å². The molecule has 0 aliphatic carbocycles. The highest BCUT2D eigenvalue weighted by Crippen LogP contribution is 2.41. The molecule has 28 heavy (non-hydrogen) atoms. The molecule has 0 spiro atoms. The predicted molar refractivity (Wildman–Crippen MR) is 119 cm³/mol. The number of hydrogen-bond donors (Lipinski definition) is 1. The third-order valence-electron chi connectivity index (χ3n) is 4.53. The lowest BCUT2D eigenvalue weighted by Crippen LogP contribution is -2.19. The quantitative estimate of drug-likeness (QED) is 0.440. The fourth-order valence-corrected chi connectivity index (χ4v) is 2.89. The standard InChI is InChI=1S/C25H36O3/c1-10-28-23-20(18(3)13-11-12-17(2)14-22(26)27)15-19(24(4,5)6)16-21(23)25(7,8)9/h11-16H,10H2,1-9H3,(H,26,27). The molecule has 0 fully saturated rings. The van der Waals surface area contributed by atoms with Crippen LogP contribution in [0.25, 0.3) is 5.57 Å². The van der Waals surface area contributed by atoms with E-state index in [0.717, 1.165) is 16.9 Å². The van der Waals surface area contributed by atoms with Gasteiger partial charge in [-0.2, -0.15) is 0 Å². The minimum atomic E-state index is -0.936. The highest BCUT2D eigenvalue weighted by Gasteiger charge is 2.26. The van der Waals surface area contributed by atoms with E-state index in [2.05, 4.69) is 60.6 Å². The lowest BCUT2D eigenvalue weighted by atomic mass is 9.78. The minimum absolute atomic E-state index is 0.0242. The maximum atomic E-state index is 10.8. The average Bonchev–Trinajstić information content (AvgIpc) is 2.52. The first-order valence-electron chi connectivity index (χ1n) is 9.85. The smallest absolute Gasteiger partial charge is 0.328 e. The summed E-state index contributed by atoms with van der Waals surface area (Å²) in [4.78, 5) is 10.8. The summed E-state index contributed by atoms with van der Waals surface area (Å²) in [5.41, 5.74) is 5.32. The summed E-state index contributed by atoms with van der Waals surface area (Å²) in [6.45, 7) is 19.7. The Morgan fingerprint density at radius 2 is 1.68 bits per heavy atom. The first-order valence-corrected chi connectivity index (χ1v) is 9.85. The molecule has 0 atom stereocenters. The molecule has 0 aliphatic rings. The van der Waals surface area contributed by atoms with Gasteiger partial charge in [-0.15, -0.1) is 0 Å². The van der Waals surface area contributed by atoms with Crippen LogP contribution in [0.5, 0.6) is 5.75 Å². The molecule has 3 nitrogen and oxygen atoms in total. The maximum absolute atomic E-state index is 10.8. The van der Waals surface area contributed by atoms with Crippen LogP contribution in [-0.2, 0) is 15.6 Å². The zero-order valence-electron chi connectivity index (χ0n) is 18.9. The monoisotopic (exact) mass is 384 g/mol. The van der Waals surface area contributed by atoms with E-state index in [4.69, 9.17) is 9.84 Å². The van der Waals surface area contributed by atoms with Crippen LogP contribution in [0.2, 0.25) is 0 Å². The van der Waals surface area contributed by atoms with E-state index in [-0.39, 0.29) is 10.8 Å². The van der Waals surface area contributed by atoms with Gasteiger partial charge in [0.05, 0.1) is 6.61 Å². The Morgan fingerprint density at radius 1 is 1.07 bits per heavy atom. The van der Waals surface area contributed by atoms with Crippen LogP contribution in [0.15, 0.2) is 42.0 Å². The molecule has 1 N–H and O–H groups in total. The summed E-state index contributed by atoms with van der Waals surface area (Å²) in [6, 6.07) is 4.50. The number of ether oxygens (including phenoxy) is 1. The molecule has 0 amide bonds. The summed E-state index contributed by atoms with van der Waals surface area (Å²) >= 11 is 0. The van der Waals surface area contributed by atoms with E-state index in [1.807, 2.05) is 19.1 Å². The van der Waals surface area contributed by atoms with Crippen LogP contribution >= 0.6 is 0 Å². The molecule has 1 rings (SSSR count). The molecule has 0 aliphatic heterocycles. The van der Waals surface area contributed by atoms with Gasteiger partial charge in [0.25, 0.3) is 0 Å². The van der Waals surface area contributed by atoms with Crippen molar-refractivity contribution in [3.63, 3.8) is 0 Å². The Labute approximate surface area is 170 Å². The highest BCUT2D eigenvalue weighted by molar-refractivity contribution is 5.81. The van der Waals surface area contributed by atoms with Gasteiger partial charge >= 0.3 is 5.97 Å². The number of carbonyl (C=O) groups is 1. The summed E-state index contributed by atoms with van der Waals surface area (Å²) in [7, 11) is 0. The number of rotatable bonds is 6. The van der Waals surface area contributed by atoms with Crippen molar-refractivity contribution in [3.05, 3.63) is 58.7 Å². The summed E-state index contributed by atoms with van der Waals surface area (Å²) < 4.78 is 6.11. The van der Waals surface area contributed by atoms with Crippen molar-refractivity contribution < 1.29 is 14.6 Å². The van der Waals surface area contributed by atoms with Crippen LogP contribution in [0.1, 0.15) is 79.0 Å². The number of carboxylic acids is 1. The van der Waals surface area contributed by atoms with Crippen LogP contribution in [0.4, 0.5) is 0 Å². The first-order chi connectivity index (χ1) is 12.8. The molecule has 1 aromatic carbocycles. The van der Waals surface area contributed by atoms with Crippen molar-refractivity contribution in [2.75, 3.05) is 6.61 Å². The van der Waals surface area contributed by atoms with Crippen molar-refractivity contribution >= 4 is 11.5 Å². The van der Waals surface area contributed by atoms with Crippen LogP contribution in [0, 0.1) is 0 Å². The van der Waals surface area contributed by atoms with Gasteiger partial charge in [0.2, 0.25) is 0 Å². The molecule has 3 heteroatoms. The molecule has 0 saturated carbocycles. The number of benzene rings is 1. The lowest BCUT2D eigenvalue weighted by Gasteiger charge is -2.29. The molecule has 154 valence electrons. The van der Waals surface area contributed by atoms with Crippen LogP contribution < -0.4 is 4.74 Å². The summed E-state index contributed by atoms with van der Waals surface area (Å²) in [5, 5.41) is 8.84. The largest absolute Gasteiger partial charge is 0.493 e. The number of allylic oxidation sites excluding steroid dienone is 5. The SMILES string of the molecule is CCOc1c(C(C)=CC=CC(C)=CC(=O)O)cc(C(C)(C)C)cc1C(C)(C)C. The highest BCUT2D eigenvalue weighted by atomic mass is 16.5. The van der Waals surface area contributed by atoms with Gasteiger partial charge in [-0.25, -0.2) is 4.79 Å². The van der Waals surface area contributed by atoms with Crippen LogP contribution in [-0.4, -0.2) is 17.7 Å². The van der Waals surface area contributed by atoms with E-state index >= 15 is 0 Å². The third kappa shape index (κ3) is 6.70. The van der Waals surface area contributed by atoms with Gasteiger partial charge in [-0.05, 0) is 54.4 Å². The molecule has 0 aromatic heterocycles. The number of aliphatic carboxylic acids is 1. The minimum Gasteiger partial charge on any atom is -0.493 e. The molecule has 0 heterocycles. The second kappa shape index (κ2) is 9.27. The first kappa shape index (κ1) is 23.7. The fraction of sp³-hybridized carbons (Fsp3) is 0.480. The molecule has 0 bridgehead atoms. The molecular formula is C25H36O3. The third-order valence-corrected chi connectivity index (χ3v) is 4.53. The van der Waals surface area contributed by atoms with E-state index < -0.39 is 5.97 Å². The molecule has 0 unspecified atom stereocenters. The number of hydrogen-bond acceptors (Lipinski definition) is 2. The van der Waals surface area contributed by atoms with Crippen molar-refractivity contribution in [1.82, 2.24) is 0 Å². The second-order valence-electron chi connectivity index (χ2n) is 9.27. The van der Waals surface area contributed by atoms with Gasteiger partial charge in [0, 0.05) is 17.2 Å². The molecule has 0 radical (unpaired) electrons. The van der Waals surface area contributed by atoms with Gasteiger partial charge in [0.15, 0.2) is 0 Å². The summed E-state index contributed by atoms with van der Waals surface area (Å²) in [5.74, 6) is -0.00266. The van der Waals surface area contributed by atoms with Gasteiger partial charge in [-0.3, -0.25) is 0 Å². The van der Waals surface area contributed by atoms with E-state index in [1.165, 1.54) is 17.2 Å². The lowest BCUT2D eigenvalue weighted by molar-refractivity contribution is -0.131. The van der Waals surface area contributed by atoms with Crippen molar-refractivity contribution in [1.29, 1.82) is 0 Å². The Hall–Kier alpha value is -2.29. The van der Waals surface area contributed by atoms with Crippen molar-refractivity contribution in [2.45, 2.75) is 73.1 Å². The Kier molecular flexibility index (Phi) is 7.86. The average molecular weight is 385 g/mol. The van der Waals surface area contributed by atoms with Crippen molar-refractivity contribution in [2.24, 2.45) is 0 Å². The maximum Gasteiger partial charge on any atom is 0.328 e. The topological polar surface area (TPSA) is 46.5 Å². The zero-order chi connectivity index (χ0) is 21.7. The fourth-order valence-electron chi connectivity index (χ4n) is 2.89. The van der Waals surface area contributed by atoms with Gasteiger partial charge in [0.1, 0.15) is 5.75 Å². The Bertz CT molecular complexity index is 794. The van der Waals surface area contributed by atoms with E-state index in [0.29, 0.717) is 12.2 Å². The number of carboxylic acid groups (broad SMARTS) is 1. The summed E-state index contributed by atoms with van der Waals surface area (Å²) in [6.07, 6.45) is 6.90. The normalized spacial score (nSPS) is 13.9. The van der Waals surface area contributed by atoms with E-state index in [9.17, 15) is 4.79 Å². The molecule has 0 saturated heterocycles.